The van der Waals surface area contributed by atoms with Gasteiger partial charge in [0.1, 0.15) is 0 Å². The summed E-state index contributed by atoms with van der Waals surface area (Å²) in [5, 5.41) is 4.45. The third-order valence-corrected chi connectivity index (χ3v) is 3.77. The van der Waals surface area contributed by atoms with E-state index >= 15 is 0 Å². The van der Waals surface area contributed by atoms with Gasteiger partial charge in [0.05, 0.1) is 6.42 Å². The number of carbonyl (C=O) groups is 1. The summed E-state index contributed by atoms with van der Waals surface area (Å²) >= 11 is 9.47. The second-order valence-corrected chi connectivity index (χ2v) is 5.87. The maximum Gasteiger partial charge on any atom is 0.224 e. The molecule has 0 aliphatic carbocycles. The van der Waals surface area contributed by atoms with Crippen LogP contribution in [0.1, 0.15) is 25.8 Å². The first-order chi connectivity index (χ1) is 8.52. The van der Waals surface area contributed by atoms with E-state index in [0.29, 0.717) is 17.4 Å². The van der Waals surface area contributed by atoms with Gasteiger partial charge in [-0.15, -0.1) is 0 Å². The number of rotatable bonds is 6. The number of hydrogen-bond donors (Lipinski definition) is 1. The fourth-order valence-corrected chi connectivity index (χ4v) is 2.45. The van der Waals surface area contributed by atoms with E-state index in [1.54, 1.807) is 6.07 Å². The molecule has 1 N–H and O–H groups in total. The number of hydrogen-bond acceptors (Lipinski definition) is 1. The second kappa shape index (κ2) is 7.80. The molecular formula is C14H19BrClNO. The molecule has 0 fully saturated rings. The highest BCUT2D eigenvalue weighted by atomic mass is 79.9. The molecule has 1 aromatic carbocycles. The van der Waals surface area contributed by atoms with Gasteiger partial charge in [0.15, 0.2) is 0 Å². The first-order valence-electron chi connectivity index (χ1n) is 6.11. The highest BCUT2D eigenvalue weighted by Crippen LogP contribution is 2.15. The molecule has 0 saturated carbocycles. The van der Waals surface area contributed by atoms with E-state index in [1.165, 1.54) is 0 Å². The van der Waals surface area contributed by atoms with Crippen LogP contribution in [0, 0.1) is 5.92 Å². The van der Waals surface area contributed by atoms with E-state index in [4.69, 9.17) is 11.6 Å². The van der Waals surface area contributed by atoms with Crippen LogP contribution in [0.4, 0.5) is 0 Å². The summed E-state index contributed by atoms with van der Waals surface area (Å²) in [4.78, 5) is 11.9. The summed E-state index contributed by atoms with van der Waals surface area (Å²) in [6.07, 6.45) is 1.31. The van der Waals surface area contributed by atoms with Gasteiger partial charge < -0.3 is 5.32 Å². The lowest BCUT2D eigenvalue weighted by atomic mass is 10.0. The van der Waals surface area contributed by atoms with Crippen LogP contribution in [-0.4, -0.2) is 17.3 Å². The van der Waals surface area contributed by atoms with Crippen LogP contribution < -0.4 is 5.32 Å². The van der Waals surface area contributed by atoms with Crippen LogP contribution in [-0.2, 0) is 11.2 Å². The predicted molar refractivity (Wildman–Crippen MR) is 80.3 cm³/mol. The third-order valence-electron chi connectivity index (χ3n) is 2.62. The highest BCUT2D eigenvalue weighted by Gasteiger charge is 2.13. The van der Waals surface area contributed by atoms with Crippen LogP contribution in [0.5, 0.6) is 0 Å². The zero-order chi connectivity index (χ0) is 13.5. The Bertz CT molecular complexity index is 395. The molecule has 18 heavy (non-hydrogen) atoms. The Kier molecular flexibility index (Phi) is 6.72. The topological polar surface area (TPSA) is 29.1 Å². The zero-order valence-corrected chi connectivity index (χ0v) is 13.1. The Labute approximate surface area is 122 Å². The normalized spacial score (nSPS) is 12.5. The number of benzene rings is 1. The molecule has 1 unspecified atom stereocenters. The van der Waals surface area contributed by atoms with Gasteiger partial charge in [0.2, 0.25) is 5.91 Å². The number of carbonyl (C=O) groups excluding carboxylic acids is 1. The summed E-state index contributed by atoms with van der Waals surface area (Å²) in [6, 6.07) is 7.63. The number of amides is 1. The van der Waals surface area contributed by atoms with E-state index < -0.39 is 0 Å². The van der Waals surface area contributed by atoms with Crippen molar-refractivity contribution in [3.63, 3.8) is 0 Å². The van der Waals surface area contributed by atoms with Crippen LogP contribution in [0.15, 0.2) is 24.3 Å². The maximum absolute atomic E-state index is 11.9. The Balaban J connectivity index is 2.53. The van der Waals surface area contributed by atoms with E-state index in [9.17, 15) is 4.79 Å². The molecule has 0 spiro atoms. The largest absolute Gasteiger partial charge is 0.352 e. The van der Waals surface area contributed by atoms with Gasteiger partial charge in [-0.3, -0.25) is 4.79 Å². The van der Waals surface area contributed by atoms with Gasteiger partial charge in [-0.05, 0) is 24.0 Å². The van der Waals surface area contributed by atoms with Gasteiger partial charge in [-0.1, -0.05) is 59.6 Å². The first kappa shape index (κ1) is 15.5. The number of nitrogens with one attached hydrogen (secondary N) is 1. The lowest BCUT2D eigenvalue weighted by Gasteiger charge is -2.18. The molecule has 1 aromatic rings. The summed E-state index contributed by atoms with van der Waals surface area (Å²) < 4.78 is 0. The monoisotopic (exact) mass is 331 g/mol. The molecule has 0 aromatic heterocycles. The molecule has 1 amide bonds. The average Bonchev–Trinajstić information content (AvgIpc) is 2.30. The summed E-state index contributed by atoms with van der Waals surface area (Å²) in [6.45, 7) is 4.30. The van der Waals surface area contributed by atoms with Crippen molar-refractivity contribution in [3.8, 4) is 0 Å². The van der Waals surface area contributed by atoms with Gasteiger partial charge in [0, 0.05) is 16.4 Å². The smallest absolute Gasteiger partial charge is 0.224 e. The molecule has 1 atom stereocenters. The number of alkyl halides is 1. The average molecular weight is 333 g/mol. The SMILES string of the molecule is CC(C)CC(CBr)NC(=O)Cc1ccccc1Cl. The Hall–Kier alpha value is -0.540. The molecule has 1 rings (SSSR count). The molecule has 0 aliphatic rings. The Morgan fingerprint density at radius 2 is 2.06 bits per heavy atom. The van der Waals surface area contributed by atoms with Crippen molar-refractivity contribution in [1.29, 1.82) is 0 Å². The minimum Gasteiger partial charge on any atom is -0.352 e. The van der Waals surface area contributed by atoms with Gasteiger partial charge in [-0.2, -0.15) is 0 Å². The lowest BCUT2D eigenvalue weighted by molar-refractivity contribution is -0.121. The Morgan fingerprint density at radius 1 is 1.39 bits per heavy atom. The second-order valence-electron chi connectivity index (χ2n) is 4.82. The number of halogens is 2. The van der Waals surface area contributed by atoms with E-state index in [-0.39, 0.29) is 11.9 Å². The highest BCUT2D eigenvalue weighted by molar-refractivity contribution is 9.09. The molecule has 0 heterocycles. The van der Waals surface area contributed by atoms with Crippen molar-refractivity contribution in [2.75, 3.05) is 5.33 Å². The lowest BCUT2D eigenvalue weighted by Crippen LogP contribution is -2.37. The van der Waals surface area contributed by atoms with E-state index in [1.807, 2.05) is 18.2 Å². The first-order valence-corrected chi connectivity index (χ1v) is 7.61. The van der Waals surface area contributed by atoms with Crippen molar-refractivity contribution in [2.45, 2.75) is 32.7 Å². The van der Waals surface area contributed by atoms with Crippen LogP contribution in [0.3, 0.4) is 0 Å². The van der Waals surface area contributed by atoms with Crippen molar-refractivity contribution in [1.82, 2.24) is 5.32 Å². The fraction of sp³-hybridized carbons (Fsp3) is 0.500. The molecule has 4 heteroatoms. The molecule has 0 saturated heterocycles. The third kappa shape index (κ3) is 5.40. The molecule has 0 radical (unpaired) electrons. The van der Waals surface area contributed by atoms with Crippen molar-refractivity contribution >= 4 is 33.4 Å². The van der Waals surface area contributed by atoms with Crippen molar-refractivity contribution in [3.05, 3.63) is 34.9 Å². The molecular weight excluding hydrogens is 314 g/mol. The van der Waals surface area contributed by atoms with E-state index in [0.717, 1.165) is 17.3 Å². The molecule has 100 valence electrons. The maximum atomic E-state index is 11.9. The van der Waals surface area contributed by atoms with Gasteiger partial charge >= 0.3 is 0 Å². The summed E-state index contributed by atoms with van der Waals surface area (Å²) in [5.41, 5.74) is 0.870. The fourth-order valence-electron chi connectivity index (χ4n) is 1.82. The van der Waals surface area contributed by atoms with Crippen molar-refractivity contribution in [2.24, 2.45) is 5.92 Å². The van der Waals surface area contributed by atoms with E-state index in [2.05, 4.69) is 35.1 Å². The van der Waals surface area contributed by atoms with Gasteiger partial charge in [0.25, 0.3) is 0 Å². The molecule has 0 bridgehead atoms. The zero-order valence-electron chi connectivity index (χ0n) is 10.7. The van der Waals surface area contributed by atoms with Crippen LogP contribution in [0.25, 0.3) is 0 Å². The Morgan fingerprint density at radius 3 is 2.61 bits per heavy atom. The summed E-state index contributed by atoms with van der Waals surface area (Å²) in [5.74, 6) is 0.585. The summed E-state index contributed by atoms with van der Waals surface area (Å²) in [7, 11) is 0. The quantitative estimate of drug-likeness (QED) is 0.789. The molecule has 2 nitrogen and oxygen atoms in total. The van der Waals surface area contributed by atoms with Crippen LogP contribution in [0.2, 0.25) is 5.02 Å². The van der Waals surface area contributed by atoms with Gasteiger partial charge in [-0.25, -0.2) is 0 Å². The molecule has 0 aliphatic heterocycles. The minimum atomic E-state index is 0.0215. The van der Waals surface area contributed by atoms with Crippen molar-refractivity contribution < 1.29 is 4.79 Å². The predicted octanol–water partition coefficient (Wildman–Crippen LogP) is 3.81. The minimum absolute atomic E-state index is 0.0215. The van der Waals surface area contributed by atoms with Crippen LogP contribution >= 0.6 is 27.5 Å². The standard InChI is InChI=1S/C14H19BrClNO/c1-10(2)7-12(9-15)17-14(18)8-11-5-3-4-6-13(11)16/h3-6,10,12H,7-9H2,1-2H3,(H,17,18).